The highest BCUT2D eigenvalue weighted by Gasteiger charge is 2.35. The number of aryl methyl sites for hydroxylation is 1. The molecule has 3 unspecified atom stereocenters. The first-order chi connectivity index (χ1) is 28.8. The van der Waals surface area contributed by atoms with E-state index in [2.05, 4.69) is 193 Å². The summed E-state index contributed by atoms with van der Waals surface area (Å²) in [7, 11) is 0. The van der Waals surface area contributed by atoms with E-state index in [0.717, 1.165) is 52.7 Å². The maximum Gasteiger partial charge on any atom is 0.0947 e. The Labute approximate surface area is 338 Å². The van der Waals surface area contributed by atoms with Crippen LogP contribution in [0.2, 0.25) is 0 Å². The van der Waals surface area contributed by atoms with E-state index in [9.17, 15) is 0 Å². The fraction of sp³-hybridized carbons (Fsp3) is 0.109. The Bertz CT molecular complexity index is 3040. The molecule has 0 saturated carbocycles. The Balaban J connectivity index is 0.934. The molecule has 4 aliphatic rings. The molecule has 2 aliphatic carbocycles. The number of aromatic nitrogens is 1. The molecule has 7 aromatic carbocycles. The van der Waals surface area contributed by atoms with Crippen molar-refractivity contribution in [3.8, 4) is 11.3 Å². The van der Waals surface area contributed by atoms with Gasteiger partial charge in [-0.25, -0.2) is 4.98 Å². The number of anilines is 2. The van der Waals surface area contributed by atoms with Gasteiger partial charge in [-0.1, -0.05) is 170 Å². The molecule has 0 bridgehead atoms. The Kier molecular flexibility index (Phi) is 7.62. The minimum Gasteiger partial charge on any atom is -0.377 e. The van der Waals surface area contributed by atoms with Crippen LogP contribution in [-0.4, -0.2) is 11.0 Å². The van der Waals surface area contributed by atoms with Gasteiger partial charge < -0.3 is 10.6 Å². The average Bonchev–Trinajstić information content (AvgIpc) is 3.30. The second-order valence-corrected chi connectivity index (χ2v) is 16.2. The van der Waals surface area contributed by atoms with Gasteiger partial charge in [-0.05, 0) is 97.5 Å². The van der Waals surface area contributed by atoms with Gasteiger partial charge in [0.25, 0.3) is 0 Å². The molecule has 1 aromatic heterocycles. The minimum atomic E-state index is -0.0345. The van der Waals surface area contributed by atoms with Crippen molar-refractivity contribution >= 4 is 61.0 Å². The first-order valence-corrected chi connectivity index (χ1v) is 20.7. The first kappa shape index (κ1) is 33.2. The minimum absolute atomic E-state index is 0.0345. The molecule has 3 heterocycles. The monoisotopic (exact) mass is 743 g/mol. The van der Waals surface area contributed by atoms with Gasteiger partial charge in [0.15, 0.2) is 0 Å². The molecule has 12 rings (SSSR count). The molecule has 3 heteroatoms. The molecule has 0 saturated heterocycles. The average molecular weight is 744 g/mol. The first-order valence-electron chi connectivity index (χ1n) is 20.7. The number of para-hydroxylation sites is 1. The van der Waals surface area contributed by atoms with E-state index < -0.39 is 0 Å². The molecule has 2 N–H and O–H groups in total. The van der Waals surface area contributed by atoms with E-state index in [1.165, 1.54) is 66.2 Å². The Morgan fingerprint density at radius 1 is 0.569 bits per heavy atom. The third-order valence-electron chi connectivity index (χ3n) is 13.0. The molecule has 0 spiro atoms. The summed E-state index contributed by atoms with van der Waals surface area (Å²) in [6, 6.07) is 55.4. The second-order valence-electron chi connectivity index (χ2n) is 16.2. The topological polar surface area (TPSA) is 37.0 Å². The summed E-state index contributed by atoms with van der Waals surface area (Å²) in [5.41, 5.74) is 17.7. The Hall–Kier alpha value is -6.97. The van der Waals surface area contributed by atoms with Crippen molar-refractivity contribution in [2.75, 3.05) is 10.6 Å². The van der Waals surface area contributed by atoms with Crippen LogP contribution in [0.25, 0.3) is 60.9 Å². The van der Waals surface area contributed by atoms with Crippen LogP contribution in [0, 0.1) is 5.92 Å². The fourth-order valence-electron chi connectivity index (χ4n) is 10.3. The van der Waals surface area contributed by atoms with Crippen molar-refractivity contribution < 1.29 is 0 Å². The van der Waals surface area contributed by atoms with Crippen LogP contribution in [0.15, 0.2) is 182 Å². The molecular weight excluding hydrogens is 703 g/mol. The summed E-state index contributed by atoms with van der Waals surface area (Å²) in [5.74, 6) is 0.353. The highest BCUT2D eigenvalue weighted by molar-refractivity contribution is 6.14. The smallest absolute Gasteiger partial charge is 0.0947 e. The number of fused-ring (bicyclic) bond motifs is 9. The summed E-state index contributed by atoms with van der Waals surface area (Å²) < 4.78 is 0. The van der Waals surface area contributed by atoms with E-state index in [-0.39, 0.29) is 12.1 Å². The molecule has 0 amide bonds. The van der Waals surface area contributed by atoms with Crippen LogP contribution in [0.5, 0.6) is 0 Å². The molecular formula is C55H41N3. The highest BCUT2D eigenvalue weighted by atomic mass is 15.0. The Morgan fingerprint density at radius 2 is 1.28 bits per heavy atom. The van der Waals surface area contributed by atoms with E-state index >= 15 is 0 Å². The van der Waals surface area contributed by atoms with E-state index in [1.54, 1.807) is 5.57 Å². The third-order valence-corrected chi connectivity index (χ3v) is 13.0. The van der Waals surface area contributed by atoms with Crippen molar-refractivity contribution in [3.05, 3.63) is 215 Å². The second kappa shape index (κ2) is 13.3. The predicted octanol–water partition coefficient (Wildman–Crippen LogP) is 13.6. The maximum atomic E-state index is 5.25. The molecule has 58 heavy (non-hydrogen) atoms. The summed E-state index contributed by atoms with van der Waals surface area (Å²) in [6.07, 6.45) is 15.2. The summed E-state index contributed by atoms with van der Waals surface area (Å²) in [6.45, 7) is 0. The van der Waals surface area contributed by atoms with Gasteiger partial charge in [0, 0.05) is 28.1 Å². The third kappa shape index (κ3) is 5.23. The number of rotatable bonds is 4. The summed E-state index contributed by atoms with van der Waals surface area (Å²) in [5, 5.41) is 14.3. The van der Waals surface area contributed by atoms with Crippen LogP contribution >= 0.6 is 0 Å². The van der Waals surface area contributed by atoms with Gasteiger partial charge in [0.1, 0.15) is 0 Å². The number of hydrogen-bond donors (Lipinski definition) is 2. The van der Waals surface area contributed by atoms with Crippen LogP contribution in [-0.2, 0) is 6.42 Å². The molecule has 3 nitrogen and oxygen atoms in total. The van der Waals surface area contributed by atoms with Crippen LogP contribution in [0.4, 0.5) is 11.4 Å². The molecule has 0 fully saturated rings. The largest absolute Gasteiger partial charge is 0.377 e. The lowest BCUT2D eigenvalue weighted by atomic mass is 9.73. The van der Waals surface area contributed by atoms with E-state index in [0.29, 0.717) is 5.92 Å². The number of allylic oxidation sites excluding steroid dienone is 3. The number of hydrogen-bond acceptors (Lipinski definition) is 3. The van der Waals surface area contributed by atoms with E-state index in [1.807, 2.05) is 0 Å². The normalized spacial score (nSPS) is 19.2. The van der Waals surface area contributed by atoms with Gasteiger partial charge in [-0.3, -0.25) is 0 Å². The Morgan fingerprint density at radius 3 is 2.07 bits per heavy atom. The zero-order chi connectivity index (χ0) is 38.2. The SMILES string of the molecule is C1=CC(C2Nc3ccccc3C3=C2CCc2ccccc23)CC=C1c1c2ccccc2c(C2C=Cc3ccc4ccc(-c5ccccc5)nc4c3N2)c2ccccc12. The lowest BCUT2D eigenvalue weighted by Crippen LogP contribution is -2.35. The standard InChI is InChI=1S/C55H41N3/c1-2-13-35(14-3-1)47-32-29-38-26-27-39-30-33-49(58-55(39)54(38)56-47)52-43-18-8-6-16-41(43)50(42-17-7-9-19-44(42)52)36-22-24-37(25-23-36)53-46-31-28-34-12-4-5-15-40(34)51(46)45-20-10-11-21-48(45)57-53/h1-24,26-27,29-30,32-33,37,49,53,57-58H,25,28,31H2. The zero-order valence-electron chi connectivity index (χ0n) is 32.1. The summed E-state index contributed by atoms with van der Waals surface area (Å²) >= 11 is 0. The van der Waals surface area contributed by atoms with Crippen molar-refractivity contribution in [1.29, 1.82) is 0 Å². The van der Waals surface area contributed by atoms with Gasteiger partial charge in [-0.15, -0.1) is 0 Å². The van der Waals surface area contributed by atoms with Gasteiger partial charge in [0.05, 0.1) is 29.0 Å². The fourth-order valence-corrected chi connectivity index (χ4v) is 10.3. The number of nitrogens with zero attached hydrogens (tertiary/aromatic N) is 1. The van der Waals surface area contributed by atoms with Crippen molar-refractivity contribution in [2.45, 2.75) is 31.3 Å². The number of pyridine rings is 1. The highest BCUT2D eigenvalue weighted by Crippen LogP contribution is 2.48. The van der Waals surface area contributed by atoms with Crippen LogP contribution in [0.1, 0.15) is 52.3 Å². The predicted molar refractivity (Wildman–Crippen MR) is 244 cm³/mol. The van der Waals surface area contributed by atoms with Gasteiger partial charge in [-0.2, -0.15) is 0 Å². The molecule has 3 atom stereocenters. The lowest BCUT2D eigenvalue weighted by molar-refractivity contribution is 0.568. The maximum absolute atomic E-state index is 5.25. The number of nitrogens with one attached hydrogen (secondary N) is 2. The molecule has 2 aliphatic heterocycles. The van der Waals surface area contributed by atoms with Gasteiger partial charge >= 0.3 is 0 Å². The number of benzene rings is 7. The zero-order valence-corrected chi connectivity index (χ0v) is 32.1. The van der Waals surface area contributed by atoms with Crippen molar-refractivity contribution in [1.82, 2.24) is 4.98 Å². The lowest BCUT2D eigenvalue weighted by Gasteiger charge is -2.39. The van der Waals surface area contributed by atoms with Gasteiger partial charge in [0.2, 0.25) is 0 Å². The molecule has 0 radical (unpaired) electrons. The van der Waals surface area contributed by atoms with E-state index in [4.69, 9.17) is 4.98 Å². The molecule has 276 valence electrons. The summed E-state index contributed by atoms with van der Waals surface area (Å²) in [4.78, 5) is 5.25. The van der Waals surface area contributed by atoms with Crippen molar-refractivity contribution in [3.63, 3.8) is 0 Å². The van der Waals surface area contributed by atoms with Crippen LogP contribution in [0.3, 0.4) is 0 Å². The van der Waals surface area contributed by atoms with Crippen molar-refractivity contribution in [2.24, 2.45) is 5.92 Å². The quantitative estimate of drug-likeness (QED) is 0.176. The van der Waals surface area contributed by atoms with Crippen LogP contribution < -0.4 is 10.6 Å². The molecule has 8 aromatic rings.